The Kier molecular flexibility index (Phi) is 6.06. The third-order valence-corrected chi connectivity index (χ3v) is 7.24. The summed E-state index contributed by atoms with van der Waals surface area (Å²) in [4.78, 5) is 33.1. The summed E-state index contributed by atoms with van der Waals surface area (Å²) in [6, 6.07) is 6.57. The molecule has 176 valence electrons. The van der Waals surface area contributed by atoms with Crippen molar-refractivity contribution in [3.05, 3.63) is 46.4 Å². The van der Waals surface area contributed by atoms with Gasteiger partial charge in [-0.2, -0.15) is 0 Å². The van der Waals surface area contributed by atoms with Crippen LogP contribution in [0.15, 0.2) is 18.2 Å². The van der Waals surface area contributed by atoms with Gasteiger partial charge >= 0.3 is 5.97 Å². The van der Waals surface area contributed by atoms with Gasteiger partial charge < -0.3 is 10.5 Å². The lowest BCUT2D eigenvalue weighted by atomic mass is 9.66. The van der Waals surface area contributed by atoms with Crippen LogP contribution in [0.1, 0.15) is 92.3 Å². The number of aryl methyl sites for hydroxylation is 3. The summed E-state index contributed by atoms with van der Waals surface area (Å²) in [7, 11) is 0. The van der Waals surface area contributed by atoms with Crippen LogP contribution in [0.5, 0.6) is 0 Å². The predicted octanol–water partition coefficient (Wildman–Crippen LogP) is 4.97. The summed E-state index contributed by atoms with van der Waals surface area (Å²) in [6.07, 6.45) is 7.06. The minimum atomic E-state index is -0.551. The molecule has 1 heterocycles. The van der Waals surface area contributed by atoms with Gasteiger partial charge in [-0.1, -0.05) is 12.1 Å². The van der Waals surface area contributed by atoms with Crippen molar-refractivity contribution in [1.82, 2.24) is 9.97 Å². The van der Waals surface area contributed by atoms with Crippen molar-refractivity contribution in [2.45, 2.75) is 90.6 Å². The fraction of sp³-hybridized carbons (Fsp3) is 0.556. The zero-order chi connectivity index (χ0) is 24.0. The van der Waals surface area contributed by atoms with Crippen molar-refractivity contribution >= 4 is 11.9 Å². The molecule has 6 heteroatoms. The smallest absolute Gasteiger partial charge is 0.306 e. The van der Waals surface area contributed by atoms with Crippen LogP contribution in [-0.4, -0.2) is 27.4 Å². The van der Waals surface area contributed by atoms with Gasteiger partial charge in [0.05, 0.1) is 17.1 Å². The molecule has 1 saturated carbocycles. The highest BCUT2D eigenvalue weighted by molar-refractivity contribution is 5.92. The second-order valence-electron chi connectivity index (χ2n) is 10.8. The molecule has 0 atom stereocenters. The molecular formula is C27H35N3O3. The molecule has 1 aromatic carbocycles. The fourth-order valence-electron chi connectivity index (χ4n) is 5.68. The van der Waals surface area contributed by atoms with E-state index < -0.39 is 11.5 Å². The third-order valence-electron chi connectivity index (χ3n) is 7.24. The molecule has 1 aromatic heterocycles. The van der Waals surface area contributed by atoms with E-state index in [-0.39, 0.29) is 17.1 Å². The first-order valence-electron chi connectivity index (χ1n) is 12.0. The summed E-state index contributed by atoms with van der Waals surface area (Å²) in [6.45, 7) is 9.44. The van der Waals surface area contributed by atoms with Gasteiger partial charge in [-0.3, -0.25) is 14.6 Å². The zero-order valence-electron chi connectivity index (χ0n) is 20.5. The van der Waals surface area contributed by atoms with Gasteiger partial charge in [-0.25, -0.2) is 4.98 Å². The Morgan fingerprint density at radius 2 is 1.79 bits per heavy atom. The van der Waals surface area contributed by atoms with E-state index in [2.05, 4.69) is 28.2 Å². The molecule has 2 aliphatic rings. The maximum atomic E-state index is 12.3. The largest absolute Gasteiger partial charge is 0.460 e. The molecule has 6 nitrogen and oxygen atoms in total. The number of hydrogen-bond acceptors (Lipinski definition) is 5. The molecule has 2 N–H and O–H groups in total. The van der Waals surface area contributed by atoms with Crippen LogP contribution in [0.3, 0.4) is 0 Å². The monoisotopic (exact) mass is 449 g/mol. The number of esters is 1. The van der Waals surface area contributed by atoms with Gasteiger partial charge in [-0.15, -0.1) is 0 Å². The van der Waals surface area contributed by atoms with E-state index in [9.17, 15) is 9.59 Å². The van der Waals surface area contributed by atoms with Crippen LogP contribution >= 0.6 is 0 Å². The van der Waals surface area contributed by atoms with Gasteiger partial charge in [0.15, 0.2) is 0 Å². The molecular weight excluding hydrogens is 414 g/mol. The average molecular weight is 450 g/mol. The lowest BCUT2D eigenvalue weighted by molar-refractivity contribution is -0.156. The predicted molar refractivity (Wildman–Crippen MR) is 128 cm³/mol. The highest BCUT2D eigenvalue weighted by Crippen LogP contribution is 2.51. The number of rotatable bonds is 4. The molecule has 2 aromatic rings. The van der Waals surface area contributed by atoms with E-state index in [1.807, 2.05) is 27.7 Å². The second kappa shape index (κ2) is 8.54. The van der Waals surface area contributed by atoms with Crippen LogP contribution < -0.4 is 5.73 Å². The maximum absolute atomic E-state index is 12.3. The summed E-state index contributed by atoms with van der Waals surface area (Å²) in [5, 5.41) is 0. The Morgan fingerprint density at radius 1 is 1.09 bits per heavy atom. The number of nitrogens with two attached hydrogens (primary N) is 1. The van der Waals surface area contributed by atoms with Crippen molar-refractivity contribution < 1.29 is 14.3 Å². The Bertz CT molecular complexity index is 1090. The molecule has 0 unspecified atom stereocenters. The quantitative estimate of drug-likeness (QED) is 0.665. The number of carbonyl (C=O) groups is 2. The molecule has 1 spiro atoms. The molecule has 0 radical (unpaired) electrons. The number of fused-ring (bicyclic) bond motifs is 2. The molecule has 33 heavy (non-hydrogen) atoms. The van der Waals surface area contributed by atoms with Crippen molar-refractivity contribution in [3.63, 3.8) is 0 Å². The first-order chi connectivity index (χ1) is 15.5. The number of nitrogens with zero attached hydrogens (tertiary/aromatic N) is 2. The number of amides is 1. The summed E-state index contributed by atoms with van der Waals surface area (Å²) < 4.78 is 5.53. The first kappa shape index (κ1) is 23.4. The minimum Gasteiger partial charge on any atom is -0.460 e. The number of primary amides is 1. The molecule has 0 bridgehead atoms. The maximum Gasteiger partial charge on any atom is 0.306 e. The Hall–Kier alpha value is -2.76. The minimum absolute atomic E-state index is 0.0789. The van der Waals surface area contributed by atoms with Crippen molar-refractivity contribution in [2.24, 2.45) is 11.7 Å². The number of carbonyl (C=O) groups excluding carboxylic acids is 2. The van der Waals surface area contributed by atoms with E-state index in [1.165, 1.54) is 11.1 Å². The lowest BCUT2D eigenvalue weighted by Gasteiger charge is -2.38. The average Bonchev–Trinajstić information content (AvgIpc) is 3.06. The molecule has 0 aliphatic heterocycles. The molecule has 1 fully saturated rings. The first-order valence-corrected chi connectivity index (χ1v) is 12.0. The normalized spacial score (nSPS) is 22.3. The van der Waals surface area contributed by atoms with E-state index >= 15 is 0 Å². The van der Waals surface area contributed by atoms with Crippen molar-refractivity contribution in [2.75, 3.05) is 0 Å². The van der Waals surface area contributed by atoms with Gasteiger partial charge in [0.1, 0.15) is 11.3 Å². The van der Waals surface area contributed by atoms with Crippen molar-refractivity contribution in [1.29, 1.82) is 0 Å². The van der Waals surface area contributed by atoms with E-state index in [0.717, 1.165) is 55.5 Å². The van der Waals surface area contributed by atoms with Crippen LogP contribution in [-0.2, 0) is 21.4 Å². The van der Waals surface area contributed by atoms with Gasteiger partial charge in [0.2, 0.25) is 0 Å². The Morgan fingerprint density at radius 3 is 2.42 bits per heavy atom. The standard InChI is InChI=1S/C27H35N3O3/c1-16-23(30-24(25(28)32)17(2)29-16)20-6-7-21-19(15-20)10-13-27(21)11-8-18(9-12-27)14-22(31)33-26(3,4)5/h6-7,15,18H,8-14H2,1-5H3,(H2,28,32)/t18-,27-. The van der Waals surface area contributed by atoms with Crippen LogP contribution in [0.4, 0.5) is 0 Å². The van der Waals surface area contributed by atoms with Gasteiger partial charge in [-0.05, 0) is 102 Å². The van der Waals surface area contributed by atoms with E-state index in [0.29, 0.717) is 18.0 Å². The lowest BCUT2D eigenvalue weighted by Crippen LogP contribution is -2.31. The zero-order valence-corrected chi connectivity index (χ0v) is 20.5. The van der Waals surface area contributed by atoms with Crippen LogP contribution in [0, 0.1) is 19.8 Å². The third kappa shape index (κ3) is 4.80. The van der Waals surface area contributed by atoms with E-state index in [4.69, 9.17) is 10.5 Å². The molecule has 4 rings (SSSR count). The highest BCUT2D eigenvalue weighted by Gasteiger charge is 2.42. The Labute approximate surface area is 196 Å². The van der Waals surface area contributed by atoms with Crippen LogP contribution in [0.25, 0.3) is 11.3 Å². The van der Waals surface area contributed by atoms with Gasteiger partial charge in [0, 0.05) is 12.0 Å². The van der Waals surface area contributed by atoms with Gasteiger partial charge in [0.25, 0.3) is 5.91 Å². The molecule has 0 saturated heterocycles. The SMILES string of the molecule is Cc1nc(C)c(-c2ccc3c(c2)CC[C@]32CC[C@@H](CC(=O)OC(C)(C)C)CC2)nc1C(N)=O. The number of ether oxygens (including phenoxy) is 1. The number of hydrogen-bond donors (Lipinski definition) is 1. The highest BCUT2D eigenvalue weighted by atomic mass is 16.6. The summed E-state index contributed by atoms with van der Waals surface area (Å²) in [5.41, 5.74) is 11.4. The van der Waals surface area contributed by atoms with E-state index in [1.54, 1.807) is 6.92 Å². The topological polar surface area (TPSA) is 95.2 Å². The second-order valence-corrected chi connectivity index (χ2v) is 10.8. The van der Waals surface area contributed by atoms with Crippen molar-refractivity contribution in [3.8, 4) is 11.3 Å². The Balaban J connectivity index is 1.51. The molecule has 2 aliphatic carbocycles. The summed E-state index contributed by atoms with van der Waals surface area (Å²) >= 11 is 0. The molecule has 1 amide bonds. The number of aromatic nitrogens is 2. The number of benzene rings is 1. The summed E-state index contributed by atoms with van der Waals surface area (Å²) in [5.74, 6) is -0.221. The fourth-order valence-corrected chi connectivity index (χ4v) is 5.68. The van der Waals surface area contributed by atoms with Crippen LogP contribution in [0.2, 0.25) is 0 Å².